The molecule has 12 heteroatoms. The molecule has 0 aliphatic heterocycles. The van der Waals surface area contributed by atoms with E-state index in [0.717, 1.165) is 27.8 Å². The van der Waals surface area contributed by atoms with Crippen LogP contribution >= 0.6 is 0 Å². The Morgan fingerprint density at radius 1 is 0.750 bits per heavy atom. The van der Waals surface area contributed by atoms with E-state index in [4.69, 9.17) is 13.9 Å². The van der Waals surface area contributed by atoms with Gasteiger partial charge in [-0.3, -0.25) is 9.59 Å². The van der Waals surface area contributed by atoms with Crippen molar-refractivity contribution in [1.29, 1.82) is 0 Å². The van der Waals surface area contributed by atoms with Crippen LogP contribution in [0.3, 0.4) is 0 Å². The molecule has 0 heterocycles. The normalized spacial score (nSPS) is 13.9. The molecule has 0 unspecified atom stereocenters. The van der Waals surface area contributed by atoms with Gasteiger partial charge in [-0.1, -0.05) is 95.3 Å². The van der Waals surface area contributed by atoms with Gasteiger partial charge in [0.25, 0.3) is 0 Å². The van der Waals surface area contributed by atoms with E-state index in [0.29, 0.717) is 38.1 Å². The summed E-state index contributed by atoms with van der Waals surface area (Å²) in [5.74, 6) is -1.33. The van der Waals surface area contributed by atoms with E-state index in [1.807, 2.05) is 74.5 Å². The maximum atomic E-state index is 13.8. The molecule has 0 aromatic heterocycles. The quantitative estimate of drug-likeness (QED) is 0.0839. The van der Waals surface area contributed by atoms with Crippen LogP contribution in [0.1, 0.15) is 97.3 Å². The predicted octanol–water partition coefficient (Wildman–Crippen LogP) is 8.89. The highest BCUT2D eigenvalue weighted by molar-refractivity contribution is 6.74. The third-order valence-corrected chi connectivity index (χ3v) is 14.9. The maximum Gasteiger partial charge on any atom is 0.407 e. The molecule has 56 heavy (non-hydrogen) atoms. The van der Waals surface area contributed by atoms with Gasteiger partial charge in [0.1, 0.15) is 24.3 Å². The molecule has 304 valence electrons. The third-order valence-electron chi connectivity index (χ3n) is 10.4. The van der Waals surface area contributed by atoms with Gasteiger partial charge in [0.15, 0.2) is 8.32 Å². The van der Waals surface area contributed by atoms with Gasteiger partial charge in [-0.25, -0.2) is 9.59 Å². The minimum Gasteiger partial charge on any atom is -0.449 e. The van der Waals surface area contributed by atoms with Crippen molar-refractivity contribution in [3.05, 3.63) is 89.5 Å². The summed E-state index contributed by atoms with van der Waals surface area (Å²) in [7, 11) is -1.93. The fourth-order valence-electron chi connectivity index (χ4n) is 6.20. The van der Waals surface area contributed by atoms with Crippen molar-refractivity contribution in [2.75, 3.05) is 18.5 Å². The van der Waals surface area contributed by atoms with Gasteiger partial charge in [-0.15, -0.1) is 0 Å². The summed E-state index contributed by atoms with van der Waals surface area (Å²) in [6.07, 6.45) is 0.129. The molecule has 0 spiro atoms. The predicted molar refractivity (Wildman–Crippen MR) is 224 cm³/mol. The summed E-state index contributed by atoms with van der Waals surface area (Å²) in [5.41, 5.74) is 5.37. The number of fused-ring (bicyclic) bond motifs is 3. The molecule has 3 aromatic rings. The SMILES string of the molecule is CC(C)[C@H](NC(=O)OCC1c2ccccc2-c2ccccc21)C(=O)N[C@@H](CCCCNC(=O)OC(C)(C)C)C(=O)Nc1ccc(CO[Si](C)(C)C(C)(C)C)cc1. The van der Waals surface area contributed by atoms with Crippen molar-refractivity contribution in [1.82, 2.24) is 16.0 Å². The molecule has 1 aliphatic rings. The van der Waals surface area contributed by atoms with Crippen LogP contribution in [0.4, 0.5) is 15.3 Å². The molecule has 4 amide bonds. The number of alkyl carbamates (subject to hydrolysis) is 2. The number of nitrogens with one attached hydrogen (secondary N) is 4. The Hall–Kier alpha value is -4.68. The maximum absolute atomic E-state index is 13.8. The molecule has 0 bridgehead atoms. The second-order valence-corrected chi connectivity index (χ2v) is 22.2. The van der Waals surface area contributed by atoms with Crippen LogP contribution < -0.4 is 21.3 Å². The first-order valence-electron chi connectivity index (χ1n) is 19.7. The number of rotatable bonds is 16. The molecular weight excluding hydrogens is 725 g/mol. The van der Waals surface area contributed by atoms with Gasteiger partial charge < -0.3 is 35.2 Å². The van der Waals surface area contributed by atoms with Crippen LogP contribution in [0.5, 0.6) is 0 Å². The smallest absolute Gasteiger partial charge is 0.407 e. The minimum absolute atomic E-state index is 0.0892. The Bertz CT molecular complexity index is 1770. The first-order chi connectivity index (χ1) is 26.3. The highest BCUT2D eigenvalue weighted by Gasteiger charge is 2.37. The van der Waals surface area contributed by atoms with Crippen LogP contribution in [0.2, 0.25) is 18.1 Å². The van der Waals surface area contributed by atoms with Gasteiger partial charge in [0, 0.05) is 18.2 Å². The number of unbranched alkanes of at least 4 members (excludes halogenated alkanes) is 1. The summed E-state index contributed by atoms with van der Waals surface area (Å²) >= 11 is 0. The van der Waals surface area contributed by atoms with Gasteiger partial charge in [-0.05, 0) is 104 Å². The summed E-state index contributed by atoms with van der Waals surface area (Å²) in [5, 5.41) is 11.4. The van der Waals surface area contributed by atoms with Crippen LogP contribution in [-0.2, 0) is 30.1 Å². The molecule has 2 atom stereocenters. The van der Waals surface area contributed by atoms with Gasteiger partial charge in [-0.2, -0.15) is 0 Å². The monoisotopic (exact) mass is 786 g/mol. The lowest BCUT2D eigenvalue weighted by atomic mass is 9.98. The molecule has 3 aromatic carbocycles. The second kappa shape index (κ2) is 19.0. The highest BCUT2D eigenvalue weighted by Crippen LogP contribution is 2.44. The lowest BCUT2D eigenvalue weighted by Crippen LogP contribution is -2.54. The average molecular weight is 787 g/mol. The Kier molecular flexibility index (Phi) is 14.9. The molecule has 11 nitrogen and oxygen atoms in total. The number of ether oxygens (including phenoxy) is 2. The zero-order valence-electron chi connectivity index (χ0n) is 34.8. The number of benzene rings is 3. The van der Waals surface area contributed by atoms with Gasteiger partial charge >= 0.3 is 12.2 Å². The first-order valence-corrected chi connectivity index (χ1v) is 22.6. The fourth-order valence-corrected chi connectivity index (χ4v) is 7.16. The fraction of sp³-hybridized carbons (Fsp3) is 0.500. The van der Waals surface area contributed by atoms with E-state index < -0.39 is 50.0 Å². The minimum atomic E-state index is -1.93. The first kappa shape index (κ1) is 44.0. The molecule has 0 radical (unpaired) electrons. The van der Waals surface area contributed by atoms with E-state index in [2.05, 4.69) is 67.3 Å². The number of hydrogen-bond donors (Lipinski definition) is 4. The summed E-state index contributed by atoms with van der Waals surface area (Å²) in [4.78, 5) is 52.9. The molecule has 0 fully saturated rings. The van der Waals surface area contributed by atoms with E-state index in [9.17, 15) is 19.2 Å². The van der Waals surface area contributed by atoms with Crippen LogP contribution in [0.15, 0.2) is 72.8 Å². The summed E-state index contributed by atoms with van der Waals surface area (Å²) in [6, 6.07) is 21.8. The lowest BCUT2D eigenvalue weighted by Gasteiger charge is -2.36. The zero-order valence-corrected chi connectivity index (χ0v) is 35.8. The van der Waals surface area contributed by atoms with Crippen molar-refractivity contribution in [3.8, 4) is 11.1 Å². The number of amides is 4. The number of hydrogen-bond acceptors (Lipinski definition) is 7. The van der Waals surface area contributed by atoms with Crippen molar-refractivity contribution < 1.29 is 33.1 Å². The summed E-state index contributed by atoms with van der Waals surface area (Å²) < 4.78 is 17.4. The largest absolute Gasteiger partial charge is 0.449 e. The van der Waals surface area contributed by atoms with Crippen LogP contribution in [0.25, 0.3) is 11.1 Å². The topological polar surface area (TPSA) is 144 Å². The highest BCUT2D eigenvalue weighted by atomic mass is 28.4. The molecule has 0 saturated carbocycles. The second-order valence-electron chi connectivity index (χ2n) is 17.4. The van der Waals surface area contributed by atoms with Crippen molar-refractivity contribution in [2.24, 2.45) is 5.92 Å². The van der Waals surface area contributed by atoms with E-state index in [1.54, 1.807) is 20.8 Å². The molecule has 1 aliphatic carbocycles. The Morgan fingerprint density at radius 3 is 1.89 bits per heavy atom. The molecule has 4 rings (SSSR count). The Labute approximate surface area is 334 Å². The average Bonchev–Trinajstić information content (AvgIpc) is 3.44. The summed E-state index contributed by atoms with van der Waals surface area (Å²) in [6.45, 7) is 21.0. The van der Waals surface area contributed by atoms with Crippen molar-refractivity contribution in [2.45, 2.75) is 123 Å². The molecule has 0 saturated heterocycles. The van der Waals surface area contributed by atoms with E-state index in [1.165, 1.54) is 0 Å². The van der Waals surface area contributed by atoms with Crippen LogP contribution in [0, 0.1) is 5.92 Å². The lowest BCUT2D eigenvalue weighted by molar-refractivity contribution is -0.128. The zero-order chi connectivity index (χ0) is 41.3. The van der Waals surface area contributed by atoms with Gasteiger partial charge in [0.05, 0.1) is 6.61 Å². The number of anilines is 1. The molecule has 4 N–H and O–H groups in total. The molecular formula is C44H62N4O7Si. The van der Waals surface area contributed by atoms with Crippen molar-refractivity contribution in [3.63, 3.8) is 0 Å². The van der Waals surface area contributed by atoms with Crippen LogP contribution in [-0.4, -0.2) is 63.2 Å². The standard InChI is InChI=1S/C44H62N4O7Si/c1-29(2)38(48-42(52)53-28-36-34-19-13-11-17-32(34)33-18-12-14-20-35(33)36)40(50)47-37(21-15-16-26-45-41(51)55-43(3,4)5)39(49)46-31-24-22-30(23-25-31)27-54-56(9,10)44(6,7)8/h11-14,17-20,22-25,29,36-38H,15-16,21,26-28H2,1-10H3,(H,45,51)(H,46,49)(H,47,50)(H,48,52)/t37-,38-/m0/s1. The van der Waals surface area contributed by atoms with E-state index in [-0.39, 0.29) is 23.5 Å². The van der Waals surface area contributed by atoms with Gasteiger partial charge in [0.2, 0.25) is 11.8 Å². The number of carbonyl (C=O) groups is 4. The number of carbonyl (C=O) groups excluding carboxylic acids is 4. The Morgan fingerprint density at radius 2 is 1.34 bits per heavy atom. The Balaban J connectivity index is 1.39. The van der Waals surface area contributed by atoms with E-state index >= 15 is 0 Å². The third kappa shape index (κ3) is 12.4. The van der Waals surface area contributed by atoms with Crippen molar-refractivity contribution >= 4 is 38.0 Å².